The minimum Gasteiger partial charge on any atom is -0.466 e. The molecule has 1 rings (SSSR count). The first-order chi connectivity index (χ1) is 8.97. The molecule has 0 radical (unpaired) electrons. The first-order valence-electron chi connectivity index (χ1n) is 6.40. The summed E-state index contributed by atoms with van der Waals surface area (Å²) in [5.74, 6) is -1.29. The van der Waals surface area contributed by atoms with Crippen molar-refractivity contribution in [3.8, 4) is 0 Å². The molecule has 3 nitrogen and oxygen atoms in total. The molecule has 4 heteroatoms. The Kier molecular flexibility index (Phi) is 5.67. The minimum atomic E-state index is -0.470. The fourth-order valence-corrected chi connectivity index (χ4v) is 1.82. The zero-order chi connectivity index (χ0) is 14.4. The maximum absolute atomic E-state index is 14.2. The largest absolute Gasteiger partial charge is 0.466 e. The van der Waals surface area contributed by atoms with Gasteiger partial charge in [0.15, 0.2) is 0 Å². The lowest BCUT2D eigenvalue weighted by atomic mass is 9.94. The summed E-state index contributed by atoms with van der Waals surface area (Å²) in [5.41, 5.74) is 0.826. The Hall–Kier alpha value is -1.71. The summed E-state index contributed by atoms with van der Waals surface area (Å²) in [6.07, 6.45) is 0.422. The number of aryl methyl sites for hydroxylation is 1. The topological polar surface area (TPSA) is 43.4 Å². The van der Waals surface area contributed by atoms with Crippen LogP contribution in [0.4, 0.5) is 4.39 Å². The van der Waals surface area contributed by atoms with Gasteiger partial charge in [-0.25, -0.2) is 4.39 Å². The number of carbonyl (C=O) groups is 2. The third-order valence-electron chi connectivity index (χ3n) is 3.09. The van der Waals surface area contributed by atoms with Gasteiger partial charge >= 0.3 is 5.97 Å². The Morgan fingerprint density at radius 2 is 2.05 bits per heavy atom. The lowest BCUT2D eigenvalue weighted by molar-refractivity contribution is -0.143. The van der Waals surface area contributed by atoms with Crippen LogP contribution in [0, 0.1) is 5.82 Å². The minimum absolute atomic E-state index is 0.0820. The van der Waals surface area contributed by atoms with Crippen LogP contribution in [0.2, 0.25) is 0 Å². The van der Waals surface area contributed by atoms with Gasteiger partial charge in [-0.3, -0.25) is 9.59 Å². The van der Waals surface area contributed by atoms with Gasteiger partial charge in [-0.05, 0) is 31.4 Å². The molecule has 0 aliphatic heterocycles. The second-order valence-corrected chi connectivity index (χ2v) is 4.46. The van der Waals surface area contributed by atoms with Gasteiger partial charge in [0.2, 0.25) is 0 Å². The number of ketones is 1. The van der Waals surface area contributed by atoms with E-state index in [1.54, 1.807) is 32.0 Å². The van der Waals surface area contributed by atoms with E-state index in [1.807, 2.05) is 0 Å². The van der Waals surface area contributed by atoms with Crippen LogP contribution in [0.15, 0.2) is 18.2 Å². The predicted molar refractivity (Wildman–Crippen MR) is 70.5 cm³/mol. The van der Waals surface area contributed by atoms with Crippen molar-refractivity contribution in [3.63, 3.8) is 0 Å². The number of ether oxygens (including phenoxy) is 1. The van der Waals surface area contributed by atoms with Gasteiger partial charge in [0.1, 0.15) is 11.6 Å². The molecule has 1 aromatic rings. The normalized spacial score (nSPS) is 12.0. The van der Waals surface area contributed by atoms with Crippen LogP contribution in [0.1, 0.15) is 44.2 Å². The van der Waals surface area contributed by atoms with E-state index in [9.17, 15) is 14.0 Å². The highest BCUT2D eigenvalue weighted by molar-refractivity contribution is 5.83. The van der Waals surface area contributed by atoms with Crippen LogP contribution in [0.5, 0.6) is 0 Å². The van der Waals surface area contributed by atoms with Gasteiger partial charge in [0.05, 0.1) is 6.61 Å². The van der Waals surface area contributed by atoms with E-state index in [1.165, 1.54) is 6.92 Å². The number of hydrogen-bond donors (Lipinski definition) is 0. The van der Waals surface area contributed by atoms with E-state index < -0.39 is 11.7 Å². The molecule has 0 heterocycles. The molecule has 0 N–H and O–H groups in total. The summed E-state index contributed by atoms with van der Waals surface area (Å²) >= 11 is 0. The van der Waals surface area contributed by atoms with Crippen LogP contribution in [-0.4, -0.2) is 18.4 Å². The highest BCUT2D eigenvalue weighted by Crippen LogP contribution is 2.23. The lowest BCUT2D eigenvalue weighted by Crippen LogP contribution is -2.10. The summed E-state index contributed by atoms with van der Waals surface area (Å²) < 4.78 is 19.0. The zero-order valence-corrected chi connectivity index (χ0v) is 11.5. The molecule has 1 unspecified atom stereocenters. The molecule has 19 heavy (non-hydrogen) atoms. The van der Waals surface area contributed by atoms with E-state index in [2.05, 4.69) is 0 Å². The molecule has 0 aromatic heterocycles. The van der Waals surface area contributed by atoms with Gasteiger partial charge < -0.3 is 4.74 Å². The molecule has 0 spiro atoms. The van der Waals surface area contributed by atoms with Gasteiger partial charge in [0, 0.05) is 12.3 Å². The first-order valence-corrected chi connectivity index (χ1v) is 6.40. The Balaban J connectivity index is 2.83. The van der Waals surface area contributed by atoms with Crippen molar-refractivity contribution in [3.05, 3.63) is 35.1 Å². The molecule has 0 aliphatic carbocycles. The van der Waals surface area contributed by atoms with Crippen LogP contribution in [-0.2, 0) is 20.7 Å². The van der Waals surface area contributed by atoms with E-state index in [-0.39, 0.29) is 24.6 Å². The van der Waals surface area contributed by atoms with Crippen LogP contribution >= 0.6 is 0 Å². The number of halogens is 1. The third kappa shape index (κ3) is 4.16. The molecular formula is C15H19FO3. The highest BCUT2D eigenvalue weighted by atomic mass is 19.1. The average Bonchev–Trinajstić information content (AvgIpc) is 2.37. The molecule has 0 saturated heterocycles. The molecular weight excluding hydrogens is 247 g/mol. The molecule has 1 atom stereocenters. The fourth-order valence-electron chi connectivity index (χ4n) is 1.82. The van der Waals surface area contributed by atoms with Crippen LogP contribution in [0.25, 0.3) is 0 Å². The van der Waals surface area contributed by atoms with Crippen LogP contribution in [0.3, 0.4) is 0 Å². The van der Waals surface area contributed by atoms with E-state index in [0.29, 0.717) is 17.7 Å². The Labute approximate surface area is 112 Å². The van der Waals surface area contributed by atoms with Crippen molar-refractivity contribution in [2.75, 3.05) is 6.61 Å². The number of carbonyl (C=O) groups excluding carboxylic acids is 2. The Bertz CT molecular complexity index is 468. The zero-order valence-electron chi connectivity index (χ0n) is 11.5. The standard InChI is InChI=1S/C15H19FO3/c1-4-19-14(18)9-8-12-6-5-7-13(15(12)16)10(2)11(3)17/h5-7,10H,4,8-9H2,1-3H3. The van der Waals surface area contributed by atoms with Crippen molar-refractivity contribution in [2.24, 2.45) is 0 Å². The SMILES string of the molecule is CCOC(=O)CCc1cccc(C(C)C(C)=O)c1F. The number of Topliss-reactive ketones (excluding diaryl/α,β-unsaturated/α-hetero) is 1. The lowest BCUT2D eigenvalue weighted by Gasteiger charge is -2.12. The van der Waals surface area contributed by atoms with Gasteiger partial charge in [-0.15, -0.1) is 0 Å². The van der Waals surface area contributed by atoms with Crippen LogP contribution < -0.4 is 0 Å². The average molecular weight is 266 g/mol. The van der Waals surface area contributed by atoms with E-state index >= 15 is 0 Å². The molecule has 0 saturated carbocycles. The summed E-state index contributed by atoms with van der Waals surface area (Å²) in [7, 11) is 0. The van der Waals surface area contributed by atoms with E-state index in [4.69, 9.17) is 4.74 Å². The fraction of sp³-hybridized carbons (Fsp3) is 0.467. The maximum Gasteiger partial charge on any atom is 0.306 e. The van der Waals surface area contributed by atoms with Crippen molar-refractivity contribution in [1.82, 2.24) is 0 Å². The van der Waals surface area contributed by atoms with E-state index in [0.717, 1.165) is 0 Å². The Morgan fingerprint density at radius 3 is 2.63 bits per heavy atom. The molecule has 0 fully saturated rings. The summed E-state index contributed by atoms with van der Waals surface area (Å²) in [5, 5.41) is 0. The number of hydrogen-bond acceptors (Lipinski definition) is 3. The smallest absolute Gasteiger partial charge is 0.306 e. The third-order valence-corrected chi connectivity index (χ3v) is 3.09. The second-order valence-electron chi connectivity index (χ2n) is 4.46. The van der Waals surface area contributed by atoms with Crippen molar-refractivity contribution >= 4 is 11.8 Å². The predicted octanol–water partition coefficient (Wildman–Crippen LogP) is 3.01. The molecule has 104 valence electrons. The number of esters is 1. The van der Waals surface area contributed by atoms with Crippen molar-refractivity contribution in [1.29, 1.82) is 0 Å². The maximum atomic E-state index is 14.2. The highest BCUT2D eigenvalue weighted by Gasteiger charge is 2.17. The van der Waals surface area contributed by atoms with Gasteiger partial charge in [-0.2, -0.15) is 0 Å². The summed E-state index contributed by atoms with van der Waals surface area (Å²) in [6, 6.07) is 4.94. The van der Waals surface area contributed by atoms with Gasteiger partial charge in [0.25, 0.3) is 0 Å². The first kappa shape index (κ1) is 15.3. The quantitative estimate of drug-likeness (QED) is 0.743. The monoisotopic (exact) mass is 266 g/mol. The summed E-state index contributed by atoms with van der Waals surface area (Å²) in [6.45, 7) is 5.17. The van der Waals surface area contributed by atoms with Crippen molar-refractivity contribution in [2.45, 2.75) is 39.5 Å². The molecule has 0 amide bonds. The molecule has 1 aromatic carbocycles. The van der Waals surface area contributed by atoms with Gasteiger partial charge in [-0.1, -0.05) is 25.1 Å². The molecule has 0 aliphatic rings. The number of rotatable bonds is 6. The Morgan fingerprint density at radius 1 is 1.37 bits per heavy atom. The summed E-state index contributed by atoms with van der Waals surface area (Å²) in [4.78, 5) is 22.6. The van der Waals surface area contributed by atoms with Crippen molar-refractivity contribution < 1.29 is 18.7 Å². The second kappa shape index (κ2) is 7.02. The molecule has 0 bridgehead atoms. The number of benzene rings is 1.